The Hall–Kier alpha value is -0.160. The van der Waals surface area contributed by atoms with Crippen molar-refractivity contribution in [3.05, 3.63) is 0 Å². The Morgan fingerprint density at radius 2 is 2.12 bits per heavy atom. The highest BCUT2D eigenvalue weighted by molar-refractivity contribution is 4.79. The SMILES string of the molecule is CCC1CC(NCC2COC(C)(C)O2)CCO1. The van der Waals surface area contributed by atoms with Crippen molar-refractivity contribution < 1.29 is 14.2 Å². The lowest BCUT2D eigenvalue weighted by atomic mass is 10.0. The third-order valence-corrected chi connectivity index (χ3v) is 3.52. The number of rotatable bonds is 4. The van der Waals surface area contributed by atoms with Crippen molar-refractivity contribution in [3.63, 3.8) is 0 Å². The van der Waals surface area contributed by atoms with Crippen LogP contribution in [0.2, 0.25) is 0 Å². The van der Waals surface area contributed by atoms with E-state index in [0.717, 1.165) is 32.4 Å². The van der Waals surface area contributed by atoms with E-state index < -0.39 is 5.79 Å². The summed E-state index contributed by atoms with van der Waals surface area (Å²) in [7, 11) is 0. The smallest absolute Gasteiger partial charge is 0.163 e. The van der Waals surface area contributed by atoms with Gasteiger partial charge in [-0.15, -0.1) is 0 Å². The quantitative estimate of drug-likeness (QED) is 0.815. The zero-order valence-electron chi connectivity index (χ0n) is 11.2. The van der Waals surface area contributed by atoms with E-state index in [9.17, 15) is 0 Å². The Morgan fingerprint density at radius 3 is 2.76 bits per heavy atom. The molecule has 0 spiro atoms. The summed E-state index contributed by atoms with van der Waals surface area (Å²) in [5.41, 5.74) is 0. The first-order valence-corrected chi connectivity index (χ1v) is 6.76. The monoisotopic (exact) mass is 243 g/mol. The standard InChI is InChI=1S/C13H25NO3/c1-4-11-7-10(5-6-15-11)14-8-12-9-16-13(2,3)17-12/h10-12,14H,4-9H2,1-3H3. The van der Waals surface area contributed by atoms with Gasteiger partial charge in [0.1, 0.15) is 0 Å². The molecule has 2 rings (SSSR count). The maximum absolute atomic E-state index is 5.78. The summed E-state index contributed by atoms with van der Waals surface area (Å²) in [6.07, 6.45) is 3.95. The van der Waals surface area contributed by atoms with E-state index in [0.29, 0.717) is 18.8 Å². The third-order valence-electron chi connectivity index (χ3n) is 3.52. The number of nitrogens with one attached hydrogen (secondary N) is 1. The highest BCUT2D eigenvalue weighted by Gasteiger charge is 2.33. The molecule has 4 heteroatoms. The Kier molecular flexibility index (Phi) is 4.42. The maximum Gasteiger partial charge on any atom is 0.163 e. The predicted molar refractivity (Wildman–Crippen MR) is 66.0 cm³/mol. The summed E-state index contributed by atoms with van der Waals surface area (Å²) < 4.78 is 17.0. The first-order valence-electron chi connectivity index (χ1n) is 6.76. The molecule has 100 valence electrons. The van der Waals surface area contributed by atoms with Gasteiger partial charge in [0.05, 0.1) is 18.8 Å². The van der Waals surface area contributed by atoms with Gasteiger partial charge in [0.2, 0.25) is 0 Å². The van der Waals surface area contributed by atoms with Crippen molar-refractivity contribution in [2.75, 3.05) is 19.8 Å². The lowest BCUT2D eigenvalue weighted by Gasteiger charge is -2.30. The molecule has 2 heterocycles. The topological polar surface area (TPSA) is 39.7 Å². The molecule has 0 aromatic carbocycles. The van der Waals surface area contributed by atoms with Crippen molar-refractivity contribution in [2.24, 2.45) is 0 Å². The molecule has 0 radical (unpaired) electrons. The van der Waals surface area contributed by atoms with E-state index in [-0.39, 0.29) is 6.10 Å². The van der Waals surface area contributed by atoms with Gasteiger partial charge in [-0.3, -0.25) is 0 Å². The van der Waals surface area contributed by atoms with Gasteiger partial charge in [-0.05, 0) is 33.1 Å². The second kappa shape index (κ2) is 5.65. The fourth-order valence-corrected chi connectivity index (χ4v) is 2.51. The Labute approximate surface area is 104 Å². The molecule has 3 unspecified atom stereocenters. The molecular formula is C13H25NO3. The van der Waals surface area contributed by atoms with Crippen LogP contribution in [0.15, 0.2) is 0 Å². The van der Waals surface area contributed by atoms with Crippen LogP contribution in [-0.2, 0) is 14.2 Å². The molecule has 2 saturated heterocycles. The van der Waals surface area contributed by atoms with E-state index in [4.69, 9.17) is 14.2 Å². The zero-order valence-corrected chi connectivity index (χ0v) is 11.2. The molecule has 0 aromatic rings. The second-order valence-corrected chi connectivity index (χ2v) is 5.48. The van der Waals surface area contributed by atoms with E-state index in [1.165, 1.54) is 0 Å². The Bertz CT molecular complexity index is 245. The van der Waals surface area contributed by atoms with Crippen molar-refractivity contribution in [1.29, 1.82) is 0 Å². The van der Waals surface area contributed by atoms with E-state index in [1.54, 1.807) is 0 Å². The fourth-order valence-electron chi connectivity index (χ4n) is 2.51. The van der Waals surface area contributed by atoms with Crippen molar-refractivity contribution >= 4 is 0 Å². The van der Waals surface area contributed by atoms with Gasteiger partial charge >= 0.3 is 0 Å². The van der Waals surface area contributed by atoms with Crippen LogP contribution in [0.5, 0.6) is 0 Å². The summed E-state index contributed by atoms with van der Waals surface area (Å²) >= 11 is 0. The van der Waals surface area contributed by atoms with E-state index >= 15 is 0 Å². The highest BCUT2D eigenvalue weighted by atomic mass is 16.7. The molecule has 17 heavy (non-hydrogen) atoms. The summed E-state index contributed by atoms with van der Waals surface area (Å²) in [5.74, 6) is -0.409. The number of hydrogen-bond acceptors (Lipinski definition) is 4. The van der Waals surface area contributed by atoms with Gasteiger partial charge < -0.3 is 19.5 Å². The van der Waals surface area contributed by atoms with Gasteiger partial charge in [-0.25, -0.2) is 0 Å². The molecular weight excluding hydrogens is 218 g/mol. The minimum Gasteiger partial charge on any atom is -0.378 e. The molecule has 0 aromatic heterocycles. The molecule has 3 atom stereocenters. The molecule has 0 amide bonds. The Balaban J connectivity index is 1.68. The molecule has 0 saturated carbocycles. The normalized spacial score (nSPS) is 37.2. The van der Waals surface area contributed by atoms with Crippen LogP contribution in [0.25, 0.3) is 0 Å². The number of hydrogen-bond donors (Lipinski definition) is 1. The molecule has 2 aliphatic rings. The molecule has 2 aliphatic heterocycles. The first-order chi connectivity index (χ1) is 8.09. The van der Waals surface area contributed by atoms with Gasteiger partial charge in [-0.2, -0.15) is 0 Å². The van der Waals surface area contributed by atoms with E-state index in [1.807, 2.05) is 13.8 Å². The third kappa shape index (κ3) is 3.91. The largest absolute Gasteiger partial charge is 0.378 e. The summed E-state index contributed by atoms with van der Waals surface area (Å²) in [4.78, 5) is 0. The van der Waals surface area contributed by atoms with Gasteiger partial charge in [0, 0.05) is 19.2 Å². The predicted octanol–water partition coefficient (Wildman–Crippen LogP) is 1.69. The van der Waals surface area contributed by atoms with Crippen LogP contribution < -0.4 is 5.32 Å². The lowest BCUT2D eigenvalue weighted by molar-refractivity contribution is -0.138. The maximum atomic E-state index is 5.78. The Morgan fingerprint density at radius 1 is 1.29 bits per heavy atom. The minimum absolute atomic E-state index is 0.188. The minimum atomic E-state index is -0.409. The molecule has 4 nitrogen and oxygen atoms in total. The van der Waals surface area contributed by atoms with Crippen LogP contribution in [0.3, 0.4) is 0 Å². The molecule has 0 bridgehead atoms. The average Bonchev–Trinajstić information content (AvgIpc) is 2.67. The van der Waals surface area contributed by atoms with Crippen LogP contribution >= 0.6 is 0 Å². The average molecular weight is 243 g/mol. The second-order valence-electron chi connectivity index (χ2n) is 5.48. The van der Waals surface area contributed by atoms with Gasteiger partial charge in [0.25, 0.3) is 0 Å². The molecule has 0 aliphatic carbocycles. The van der Waals surface area contributed by atoms with Crippen LogP contribution in [-0.4, -0.2) is 43.8 Å². The molecule has 1 N–H and O–H groups in total. The van der Waals surface area contributed by atoms with Gasteiger partial charge in [0.15, 0.2) is 5.79 Å². The summed E-state index contributed by atoms with van der Waals surface area (Å²) in [6.45, 7) is 8.57. The zero-order chi connectivity index (χ0) is 12.3. The molecule has 2 fully saturated rings. The first kappa shape index (κ1) is 13.3. The van der Waals surface area contributed by atoms with E-state index in [2.05, 4.69) is 12.2 Å². The number of ether oxygens (including phenoxy) is 3. The van der Waals surface area contributed by atoms with Gasteiger partial charge in [-0.1, -0.05) is 6.92 Å². The lowest BCUT2D eigenvalue weighted by Crippen LogP contribution is -2.42. The van der Waals surface area contributed by atoms with Crippen molar-refractivity contribution in [3.8, 4) is 0 Å². The van der Waals surface area contributed by atoms with Crippen molar-refractivity contribution in [1.82, 2.24) is 5.32 Å². The van der Waals surface area contributed by atoms with Crippen LogP contribution in [0.1, 0.15) is 40.0 Å². The fraction of sp³-hybridized carbons (Fsp3) is 1.00. The summed E-state index contributed by atoms with van der Waals surface area (Å²) in [6, 6.07) is 0.570. The summed E-state index contributed by atoms with van der Waals surface area (Å²) in [5, 5.41) is 3.58. The van der Waals surface area contributed by atoms with Crippen molar-refractivity contribution in [2.45, 2.75) is 64.1 Å². The van der Waals surface area contributed by atoms with Crippen LogP contribution in [0.4, 0.5) is 0 Å². The highest BCUT2D eigenvalue weighted by Crippen LogP contribution is 2.22. The van der Waals surface area contributed by atoms with Crippen LogP contribution in [0, 0.1) is 0 Å².